The molecule has 1 saturated heterocycles. The van der Waals surface area contributed by atoms with Crippen molar-refractivity contribution in [2.45, 2.75) is 51.5 Å². The Morgan fingerprint density at radius 1 is 1.10 bits per heavy atom. The van der Waals surface area contributed by atoms with Gasteiger partial charge in [-0.25, -0.2) is 14.5 Å². The molecule has 7 heteroatoms. The Bertz CT molecular complexity index is 863. The van der Waals surface area contributed by atoms with Crippen molar-refractivity contribution < 1.29 is 23.8 Å². The Morgan fingerprint density at radius 3 is 2.40 bits per heavy atom. The van der Waals surface area contributed by atoms with Gasteiger partial charge in [-0.05, 0) is 50.5 Å². The van der Waals surface area contributed by atoms with Gasteiger partial charge in [0.2, 0.25) is 0 Å². The zero-order valence-electron chi connectivity index (χ0n) is 17.3. The predicted octanol–water partition coefficient (Wildman–Crippen LogP) is 5.85. The molecule has 1 aliphatic rings. The predicted molar refractivity (Wildman–Crippen MR) is 116 cm³/mol. The van der Waals surface area contributed by atoms with E-state index in [1.54, 1.807) is 20.8 Å². The first kappa shape index (κ1) is 22.3. The summed E-state index contributed by atoms with van der Waals surface area (Å²) in [6, 6.07) is 16.8. The molecule has 0 N–H and O–H groups in total. The highest BCUT2D eigenvalue weighted by molar-refractivity contribution is 9.10. The lowest BCUT2D eigenvalue weighted by atomic mass is 10.00. The zero-order valence-corrected chi connectivity index (χ0v) is 18.9. The molecule has 30 heavy (non-hydrogen) atoms. The summed E-state index contributed by atoms with van der Waals surface area (Å²) in [6.45, 7) is 6.10. The van der Waals surface area contributed by atoms with Crippen LogP contribution < -0.4 is 0 Å². The fourth-order valence-corrected chi connectivity index (χ4v) is 3.49. The fraction of sp³-hybridized carbons (Fsp3) is 0.391. The lowest BCUT2D eigenvalue weighted by molar-refractivity contribution is 0.0247. The first-order valence-corrected chi connectivity index (χ1v) is 10.6. The number of hydrogen-bond acceptors (Lipinski definition) is 5. The molecule has 2 amide bonds. The van der Waals surface area contributed by atoms with E-state index in [2.05, 4.69) is 15.9 Å². The number of nitrogens with zero attached hydrogens (tertiary/aromatic N) is 1. The van der Waals surface area contributed by atoms with E-state index in [1.165, 1.54) is 0 Å². The third-order valence-electron chi connectivity index (χ3n) is 4.56. The summed E-state index contributed by atoms with van der Waals surface area (Å²) in [7, 11) is 0. The summed E-state index contributed by atoms with van der Waals surface area (Å²) in [4.78, 5) is 26.4. The van der Waals surface area contributed by atoms with Crippen LogP contribution in [-0.2, 0) is 20.8 Å². The topological polar surface area (TPSA) is 65.1 Å². The Labute approximate surface area is 185 Å². The van der Waals surface area contributed by atoms with Gasteiger partial charge in [-0.3, -0.25) is 0 Å². The number of imide groups is 1. The summed E-state index contributed by atoms with van der Waals surface area (Å²) < 4.78 is 17.7. The highest BCUT2D eigenvalue weighted by Gasteiger charge is 2.47. The molecule has 2 aromatic rings. The van der Waals surface area contributed by atoms with Gasteiger partial charge < -0.3 is 14.2 Å². The van der Waals surface area contributed by atoms with Gasteiger partial charge in [-0.1, -0.05) is 58.4 Å². The Morgan fingerprint density at radius 2 is 1.77 bits per heavy atom. The van der Waals surface area contributed by atoms with Crippen LogP contribution in [0.4, 0.5) is 9.59 Å². The number of rotatable bonds is 6. The minimum Gasteiger partial charge on any atom is -0.443 e. The third kappa shape index (κ3) is 5.83. The average Bonchev–Trinajstić information content (AvgIpc) is 3.01. The van der Waals surface area contributed by atoms with Crippen LogP contribution in [0.1, 0.15) is 44.4 Å². The number of cyclic esters (lactones) is 1. The maximum atomic E-state index is 12.7. The van der Waals surface area contributed by atoms with Gasteiger partial charge in [0.05, 0.1) is 12.6 Å². The second-order valence-corrected chi connectivity index (χ2v) is 9.02. The first-order valence-electron chi connectivity index (χ1n) is 9.84. The van der Waals surface area contributed by atoms with Gasteiger partial charge in [-0.15, -0.1) is 0 Å². The molecule has 6 nitrogen and oxygen atoms in total. The molecule has 160 valence electrons. The minimum atomic E-state index is -0.721. The number of hydrogen-bond donors (Lipinski definition) is 0. The van der Waals surface area contributed by atoms with Crippen molar-refractivity contribution in [3.63, 3.8) is 0 Å². The molecule has 0 aromatic heterocycles. The smallest absolute Gasteiger partial charge is 0.420 e. The zero-order chi connectivity index (χ0) is 21.7. The summed E-state index contributed by atoms with van der Waals surface area (Å²) >= 11 is 3.41. The van der Waals surface area contributed by atoms with Crippen molar-refractivity contribution in [3.8, 4) is 0 Å². The van der Waals surface area contributed by atoms with E-state index in [9.17, 15) is 9.59 Å². The minimum absolute atomic E-state index is 0.364. The van der Waals surface area contributed by atoms with Crippen LogP contribution in [0.2, 0.25) is 0 Å². The van der Waals surface area contributed by atoms with E-state index in [-0.39, 0.29) is 0 Å². The summed E-state index contributed by atoms with van der Waals surface area (Å²) in [5, 5.41) is 0. The molecule has 0 radical (unpaired) electrons. The number of carbonyl (C=O) groups is 2. The van der Waals surface area contributed by atoms with Crippen LogP contribution in [0, 0.1) is 0 Å². The lowest BCUT2D eigenvalue weighted by Crippen LogP contribution is -2.43. The molecule has 0 unspecified atom stereocenters. The Hall–Kier alpha value is -2.38. The van der Waals surface area contributed by atoms with E-state index in [4.69, 9.17) is 14.2 Å². The summed E-state index contributed by atoms with van der Waals surface area (Å²) in [6.07, 6.45) is -1.57. The molecule has 0 saturated carbocycles. The maximum absolute atomic E-state index is 12.7. The van der Waals surface area contributed by atoms with Crippen LogP contribution >= 0.6 is 15.9 Å². The molecule has 3 rings (SSSR count). The number of carbonyl (C=O) groups excluding carboxylic acids is 2. The molecular weight excluding hydrogens is 450 g/mol. The van der Waals surface area contributed by atoms with Gasteiger partial charge in [0.1, 0.15) is 11.7 Å². The molecule has 0 spiro atoms. The molecule has 1 fully saturated rings. The summed E-state index contributed by atoms with van der Waals surface area (Å²) in [5.41, 5.74) is 1.15. The van der Waals surface area contributed by atoms with Crippen LogP contribution in [0.5, 0.6) is 0 Å². The van der Waals surface area contributed by atoms with Crippen LogP contribution in [0.15, 0.2) is 59.1 Å². The van der Waals surface area contributed by atoms with Crippen molar-refractivity contribution in [1.29, 1.82) is 0 Å². The fourth-order valence-electron chi connectivity index (χ4n) is 3.23. The third-order valence-corrected chi connectivity index (χ3v) is 5.09. The number of ether oxygens (including phenoxy) is 3. The SMILES string of the molecule is CC(C)(C)OC(=O)N1C(=O)O[C@@H](c2ccc(Br)cc2)[C@@H]1CCOCc1ccccc1. The van der Waals surface area contributed by atoms with Gasteiger partial charge in [0.25, 0.3) is 0 Å². The van der Waals surface area contributed by atoms with E-state index >= 15 is 0 Å². The number of halogens is 1. The normalized spacial score (nSPS) is 18.9. The lowest BCUT2D eigenvalue weighted by Gasteiger charge is -2.27. The second kappa shape index (κ2) is 9.62. The van der Waals surface area contributed by atoms with Crippen molar-refractivity contribution >= 4 is 28.1 Å². The van der Waals surface area contributed by atoms with Crippen LogP contribution in [0.25, 0.3) is 0 Å². The maximum Gasteiger partial charge on any atom is 0.420 e. The van der Waals surface area contributed by atoms with Gasteiger partial charge in [0.15, 0.2) is 0 Å². The van der Waals surface area contributed by atoms with Gasteiger partial charge in [-0.2, -0.15) is 0 Å². The second-order valence-electron chi connectivity index (χ2n) is 8.10. The highest BCUT2D eigenvalue weighted by atomic mass is 79.9. The standard InChI is InChI=1S/C23H26BrNO5/c1-23(2,3)30-22(27)25-19(13-14-28-15-16-7-5-4-6-8-16)20(29-21(25)26)17-9-11-18(24)12-10-17/h4-12,19-20H,13-15H2,1-3H3/t19-,20-/m0/s1. The van der Waals surface area contributed by atoms with E-state index in [0.717, 1.165) is 20.5 Å². The monoisotopic (exact) mass is 475 g/mol. The quantitative estimate of drug-likeness (QED) is 0.490. The Kier molecular flexibility index (Phi) is 7.15. The first-order chi connectivity index (χ1) is 14.2. The van der Waals surface area contributed by atoms with Crippen molar-refractivity contribution in [2.24, 2.45) is 0 Å². The van der Waals surface area contributed by atoms with Crippen LogP contribution in [0.3, 0.4) is 0 Å². The molecule has 1 aliphatic heterocycles. The summed E-state index contributed by atoms with van der Waals surface area (Å²) in [5.74, 6) is 0. The highest BCUT2D eigenvalue weighted by Crippen LogP contribution is 2.36. The molecule has 0 bridgehead atoms. The number of amides is 2. The van der Waals surface area contributed by atoms with Crippen molar-refractivity contribution in [1.82, 2.24) is 4.90 Å². The van der Waals surface area contributed by atoms with Crippen molar-refractivity contribution in [2.75, 3.05) is 6.61 Å². The molecule has 2 atom stereocenters. The van der Waals surface area contributed by atoms with Crippen LogP contribution in [-0.4, -0.2) is 35.3 Å². The molecule has 2 aromatic carbocycles. The Balaban J connectivity index is 1.74. The van der Waals surface area contributed by atoms with E-state index < -0.39 is 29.9 Å². The largest absolute Gasteiger partial charge is 0.443 e. The van der Waals surface area contributed by atoms with E-state index in [1.807, 2.05) is 54.6 Å². The molecule has 1 heterocycles. The van der Waals surface area contributed by atoms with E-state index in [0.29, 0.717) is 19.6 Å². The van der Waals surface area contributed by atoms with Crippen molar-refractivity contribution in [3.05, 3.63) is 70.2 Å². The average molecular weight is 476 g/mol. The van der Waals surface area contributed by atoms with Gasteiger partial charge in [0, 0.05) is 11.1 Å². The number of benzene rings is 2. The molecule has 0 aliphatic carbocycles. The molecular formula is C23H26BrNO5. The van der Waals surface area contributed by atoms with Gasteiger partial charge >= 0.3 is 12.2 Å².